The number of hydrogen-bond acceptors (Lipinski definition) is 1. The molecule has 2 aliphatic rings. The average molecular weight is 209 g/mol. The van der Waals surface area contributed by atoms with Crippen LogP contribution in [0.2, 0.25) is 0 Å². The molecule has 0 amide bonds. The van der Waals surface area contributed by atoms with E-state index in [1.54, 1.807) is 0 Å². The fourth-order valence-corrected chi connectivity index (χ4v) is 3.86. The zero-order valence-corrected chi connectivity index (χ0v) is 10.5. The minimum absolute atomic E-state index is 0.753. The molecule has 2 rings (SSSR count). The highest BCUT2D eigenvalue weighted by Crippen LogP contribution is 2.46. The van der Waals surface area contributed by atoms with E-state index in [2.05, 4.69) is 19.2 Å². The fourth-order valence-electron chi connectivity index (χ4n) is 3.86. The van der Waals surface area contributed by atoms with Gasteiger partial charge in [-0.3, -0.25) is 0 Å². The van der Waals surface area contributed by atoms with Gasteiger partial charge in [-0.15, -0.1) is 0 Å². The molecular weight excluding hydrogens is 182 g/mol. The summed E-state index contributed by atoms with van der Waals surface area (Å²) in [6, 6.07) is 0. The first-order valence-corrected chi connectivity index (χ1v) is 6.91. The summed E-state index contributed by atoms with van der Waals surface area (Å²) in [6.45, 7) is 7.30. The first-order chi connectivity index (χ1) is 7.20. The molecule has 88 valence electrons. The summed E-state index contributed by atoms with van der Waals surface area (Å²) in [7, 11) is 0. The van der Waals surface area contributed by atoms with Gasteiger partial charge in [0.1, 0.15) is 0 Å². The zero-order chi connectivity index (χ0) is 10.7. The third-order valence-electron chi connectivity index (χ3n) is 4.51. The largest absolute Gasteiger partial charge is 0.317 e. The molecule has 1 aliphatic carbocycles. The molecule has 1 atom stereocenters. The van der Waals surface area contributed by atoms with Gasteiger partial charge >= 0.3 is 0 Å². The van der Waals surface area contributed by atoms with Crippen molar-refractivity contribution in [2.24, 2.45) is 17.3 Å². The van der Waals surface area contributed by atoms with Crippen molar-refractivity contribution in [3.63, 3.8) is 0 Å². The highest BCUT2D eigenvalue weighted by atomic mass is 14.9. The molecule has 0 bridgehead atoms. The van der Waals surface area contributed by atoms with Gasteiger partial charge in [0.15, 0.2) is 0 Å². The second-order valence-corrected chi connectivity index (χ2v) is 6.34. The number of hydrogen-bond donors (Lipinski definition) is 1. The lowest BCUT2D eigenvalue weighted by Crippen LogP contribution is -2.40. The van der Waals surface area contributed by atoms with Crippen LogP contribution in [0, 0.1) is 17.3 Å². The Bertz CT molecular complexity index is 186. The molecular formula is C14H27N. The fraction of sp³-hybridized carbons (Fsp3) is 1.00. The van der Waals surface area contributed by atoms with E-state index in [0.29, 0.717) is 0 Å². The van der Waals surface area contributed by atoms with Gasteiger partial charge in [0.05, 0.1) is 0 Å². The lowest BCUT2D eigenvalue weighted by atomic mass is 9.64. The molecule has 15 heavy (non-hydrogen) atoms. The van der Waals surface area contributed by atoms with Crippen LogP contribution in [0.4, 0.5) is 0 Å². The molecule has 1 nitrogen and oxygen atoms in total. The third-order valence-corrected chi connectivity index (χ3v) is 4.51. The average Bonchev–Trinajstić information content (AvgIpc) is 2.17. The van der Waals surface area contributed by atoms with Crippen molar-refractivity contribution >= 4 is 0 Å². The molecule has 1 saturated heterocycles. The summed E-state index contributed by atoms with van der Waals surface area (Å²) < 4.78 is 0. The normalized spacial score (nSPS) is 31.0. The summed E-state index contributed by atoms with van der Waals surface area (Å²) in [5.41, 5.74) is 0.753. The Kier molecular flexibility index (Phi) is 3.71. The predicted octanol–water partition coefficient (Wildman–Crippen LogP) is 3.59. The van der Waals surface area contributed by atoms with Crippen molar-refractivity contribution < 1.29 is 0 Å². The van der Waals surface area contributed by atoms with Crippen LogP contribution in [-0.4, -0.2) is 13.1 Å². The number of rotatable bonds is 2. The number of nitrogens with one attached hydrogen (secondary N) is 1. The Morgan fingerprint density at radius 3 is 2.60 bits per heavy atom. The molecule has 2 fully saturated rings. The van der Waals surface area contributed by atoms with Gasteiger partial charge < -0.3 is 5.32 Å². The topological polar surface area (TPSA) is 12.0 Å². The molecule has 1 saturated carbocycles. The van der Waals surface area contributed by atoms with E-state index in [1.807, 2.05) is 0 Å². The van der Waals surface area contributed by atoms with Gasteiger partial charge in [0.2, 0.25) is 0 Å². The van der Waals surface area contributed by atoms with Crippen molar-refractivity contribution in [2.45, 2.75) is 58.8 Å². The van der Waals surface area contributed by atoms with Crippen LogP contribution >= 0.6 is 0 Å². The zero-order valence-electron chi connectivity index (χ0n) is 10.5. The predicted molar refractivity (Wildman–Crippen MR) is 65.9 cm³/mol. The molecule has 1 heterocycles. The van der Waals surface area contributed by atoms with Crippen LogP contribution < -0.4 is 5.32 Å². The first kappa shape index (κ1) is 11.4. The summed E-state index contributed by atoms with van der Waals surface area (Å²) in [6.07, 6.45) is 10.4. The quantitative estimate of drug-likeness (QED) is 0.733. The van der Waals surface area contributed by atoms with E-state index < -0.39 is 0 Å². The standard InChI is InChI=1S/C14H27N/c1-12(2)10-13-4-3-5-14(11-13)6-8-15-9-7-14/h12-13,15H,3-11H2,1-2H3. The van der Waals surface area contributed by atoms with Gasteiger partial charge in [0, 0.05) is 0 Å². The van der Waals surface area contributed by atoms with Gasteiger partial charge in [-0.25, -0.2) is 0 Å². The van der Waals surface area contributed by atoms with Crippen molar-refractivity contribution in [1.82, 2.24) is 5.32 Å². The van der Waals surface area contributed by atoms with Crippen LogP contribution in [0.1, 0.15) is 58.8 Å². The Hall–Kier alpha value is -0.0400. The van der Waals surface area contributed by atoms with E-state index in [4.69, 9.17) is 0 Å². The lowest BCUT2D eigenvalue weighted by Gasteiger charge is -2.44. The van der Waals surface area contributed by atoms with Crippen molar-refractivity contribution in [1.29, 1.82) is 0 Å². The maximum atomic E-state index is 3.51. The van der Waals surface area contributed by atoms with Crippen LogP contribution in [-0.2, 0) is 0 Å². The summed E-state index contributed by atoms with van der Waals surface area (Å²) >= 11 is 0. The lowest BCUT2D eigenvalue weighted by molar-refractivity contribution is 0.0869. The SMILES string of the molecule is CC(C)CC1CCCC2(CCNCC2)C1. The van der Waals surface area contributed by atoms with Crippen LogP contribution in [0.5, 0.6) is 0 Å². The molecule has 0 aromatic carbocycles. The van der Waals surface area contributed by atoms with Crippen molar-refractivity contribution in [2.75, 3.05) is 13.1 Å². The van der Waals surface area contributed by atoms with Crippen LogP contribution in [0.3, 0.4) is 0 Å². The highest BCUT2D eigenvalue weighted by molar-refractivity contribution is 4.90. The monoisotopic (exact) mass is 209 g/mol. The number of piperidine rings is 1. The molecule has 1 heteroatoms. The molecule has 0 aromatic rings. The molecule has 1 spiro atoms. The van der Waals surface area contributed by atoms with Gasteiger partial charge in [-0.05, 0) is 62.4 Å². The Morgan fingerprint density at radius 1 is 1.20 bits per heavy atom. The van der Waals surface area contributed by atoms with E-state index >= 15 is 0 Å². The molecule has 1 unspecified atom stereocenters. The summed E-state index contributed by atoms with van der Waals surface area (Å²) in [5.74, 6) is 1.93. The van der Waals surface area contributed by atoms with Crippen molar-refractivity contribution in [3.05, 3.63) is 0 Å². The summed E-state index contributed by atoms with van der Waals surface area (Å²) in [5, 5.41) is 3.51. The Morgan fingerprint density at radius 2 is 1.93 bits per heavy atom. The minimum atomic E-state index is 0.753. The molecule has 1 aliphatic heterocycles. The van der Waals surface area contributed by atoms with Gasteiger partial charge in [-0.1, -0.05) is 26.7 Å². The second kappa shape index (κ2) is 4.86. The van der Waals surface area contributed by atoms with Gasteiger partial charge in [0.25, 0.3) is 0 Å². The molecule has 0 radical (unpaired) electrons. The maximum absolute atomic E-state index is 3.51. The molecule has 0 aromatic heterocycles. The van der Waals surface area contributed by atoms with E-state index in [1.165, 1.54) is 58.0 Å². The van der Waals surface area contributed by atoms with Crippen molar-refractivity contribution in [3.8, 4) is 0 Å². The van der Waals surface area contributed by atoms with E-state index in [9.17, 15) is 0 Å². The Balaban J connectivity index is 1.90. The highest BCUT2D eigenvalue weighted by Gasteiger charge is 2.36. The van der Waals surface area contributed by atoms with Crippen LogP contribution in [0.15, 0.2) is 0 Å². The second-order valence-electron chi connectivity index (χ2n) is 6.34. The van der Waals surface area contributed by atoms with E-state index in [0.717, 1.165) is 17.3 Å². The third kappa shape index (κ3) is 2.96. The van der Waals surface area contributed by atoms with Gasteiger partial charge in [-0.2, -0.15) is 0 Å². The smallest absolute Gasteiger partial charge is 0.00436 e. The minimum Gasteiger partial charge on any atom is -0.317 e. The van der Waals surface area contributed by atoms with Crippen LogP contribution in [0.25, 0.3) is 0 Å². The maximum Gasteiger partial charge on any atom is -0.00436 e. The van der Waals surface area contributed by atoms with E-state index in [-0.39, 0.29) is 0 Å². The molecule has 1 N–H and O–H groups in total. The first-order valence-electron chi connectivity index (χ1n) is 6.91. The Labute approximate surface area is 95.0 Å². The summed E-state index contributed by atoms with van der Waals surface area (Å²) in [4.78, 5) is 0.